The summed E-state index contributed by atoms with van der Waals surface area (Å²) in [6.07, 6.45) is 2.84. The summed E-state index contributed by atoms with van der Waals surface area (Å²) >= 11 is 1.60. The summed E-state index contributed by atoms with van der Waals surface area (Å²) in [5, 5.41) is 13.2. The molecular weight excluding hydrogens is 304 g/mol. The van der Waals surface area contributed by atoms with Crippen LogP contribution in [0.3, 0.4) is 0 Å². The quantitative estimate of drug-likeness (QED) is 0.452. The zero-order valence-electron chi connectivity index (χ0n) is 13.1. The van der Waals surface area contributed by atoms with Crippen LogP contribution in [0.25, 0.3) is 0 Å². The molecule has 0 unspecified atom stereocenters. The second-order valence-electron chi connectivity index (χ2n) is 5.04. The Morgan fingerprint density at radius 2 is 1.95 bits per heavy atom. The van der Waals surface area contributed by atoms with E-state index < -0.39 is 0 Å². The van der Waals surface area contributed by atoms with Crippen LogP contribution in [0.2, 0.25) is 0 Å². The molecule has 0 atom stereocenters. The van der Waals surface area contributed by atoms with Gasteiger partial charge in [0.25, 0.3) is 0 Å². The van der Waals surface area contributed by atoms with E-state index in [2.05, 4.69) is 25.4 Å². The third-order valence-electron chi connectivity index (χ3n) is 2.34. The fourth-order valence-corrected chi connectivity index (χ4v) is 2.30. The monoisotopic (exact) mass is 324 g/mol. The molecule has 2 rings (SSSR count). The Labute approximate surface area is 133 Å². The molecule has 0 amide bonds. The summed E-state index contributed by atoms with van der Waals surface area (Å²) in [6.45, 7) is 8.34. The molecule has 0 N–H and O–H groups in total. The van der Waals surface area contributed by atoms with Crippen LogP contribution in [0.4, 0.5) is 0 Å². The second-order valence-corrected chi connectivity index (χ2v) is 6.12. The molecule has 0 saturated carbocycles. The first-order valence-electron chi connectivity index (χ1n) is 7.08. The lowest BCUT2D eigenvalue weighted by Gasteiger charge is -2.11. The number of aliphatic imine (C=N–C) groups is 1. The summed E-state index contributed by atoms with van der Waals surface area (Å²) in [7, 11) is 0. The van der Waals surface area contributed by atoms with Crippen LogP contribution in [-0.2, 0) is 9.68 Å². The van der Waals surface area contributed by atoms with Crippen LogP contribution in [-0.4, -0.2) is 55.9 Å². The summed E-state index contributed by atoms with van der Waals surface area (Å²) in [4.78, 5) is 19.2. The van der Waals surface area contributed by atoms with E-state index >= 15 is 0 Å². The van der Waals surface area contributed by atoms with E-state index in [1.807, 2.05) is 27.7 Å². The van der Waals surface area contributed by atoms with Crippen LogP contribution in [0, 0.1) is 0 Å². The van der Waals surface area contributed by atoms with Gasteiger partial charge in [0.05, 0.1) is 0 Å². The van der Waals surface area contributed by atoms with Gasteiger partial charge in [-0.15, -0.1) is 11.8 Å². The van der Waals surface area contributed by atoms with Crippen molar-refractivity contribution < 1.29 is 9.68 Å². The third kappa shape index (κ3) is 4.55. The highest BCUT2D eigenvalue weighted by atomic mass is 32.2. The first kappa shape index (κ1) is 16.5. The van der Waals surface area contributed by atoms with Crippen LogP contribution in [0.5, 0.6) is 0 Å². The van der Waals surface area contributed by atoms with Gasteiger partial charge in [-0.2, -0.15) is 9.78 Å². The lowest BCUT2D eigenvalue weighted by Crippen LogP contribution is -2.30. The Bertz CT molecular complexity index is 565. The van der Waals surface area contributed by atoms with Crippen molar-refractivity contribution >= 4 is 28.4 Å². The van der Waals surface area contributed by atoms with Crippen molar-refractivity contribution in [3.8, 4) is 0 Å². The average Bonchev–Trinajstić information content (AvgIpc) is 3.14. The van der Waals surface area contributed by atoms with Gasteiger partial charge in [0, 0.05) is 12.3 Å². The van der Waals surface area contributed by atoms with Crippen molar-refractivity contribution in [1.82, 2.24) is 14.8 Å². The van der Waals surface area contributed by atoms with Gasteiger partial charge in [-0.1, -0.05) is 10.3 Å². The standard InChI is InChI=1S/C13H20N6O2S/c1-9(2)20-17-11(13-15-5-6-22-13)12(18-21-10(3)4)19-8-14-7-16-19/h7-10H,5-6H2,1-4H3. The Kier molecular flexibility index (Phi) is 5.93. The van der Waals surface area contributed by atoms with Gasteiger partial charge in [0.2, 0.25) is 5.84 Å². The smallest absolute Gasteiger partial charge is 0.226 e. The maximum atomic E-state index is 5.40. The van der Waals surface area contributed by atoms with E-state index in [-0.39, 0.29) is 12.2 Å². The Morgan fingerprint density at radius 1 is 1.23 bits per heavy atom. The zero-order chi connectivity index (χ0) is 15.9. The van der Waals surface area contributed by atoms with Gasteiger partial charge in [-0.3, -0.25) is 4.99 Å². The van der Waals surface area contributed by atoms with Gasteiger partial charge in [-0.25, -0.2) is 4.98 Å². The minimum Gasteiger partial charge on any atom is -0.392 e. The summed E-state index contributed by atoms with van der Waals surface area (Å²) in [6, 6.07) is 0. The lowest BCUT2D eigenvalue weighted by molar-refractivity contribution is 0.0828. The van der Waals surface area contributed by atoms with Crippen molar-refractivity contribution in [2.24, 2.45) is 15.3 Å². The minimum absolute atomic E-state index is 0.0509. The molecule has 1 aromatic heterocycles. The van der Waals surface area contributed by atoms with Gasteiger partial charge < -0.3 is 9.68 Å². The summed E-state index contributed by atoms with van der Waals surface area (Å²) in [5.74, 6) is 1.31. The maximum absolute atomic E-state index is 5.40. The first-order valence-corrected chi connectivity index (χ1v) is 8.07. The molecule has 120 valence electrons. The van der Waals surface area contributed by atoms with Crippen LogP contribution >= 0.6 is 11.8 Å². The number of hydrogen-bond acceptors (Lipinski definition) is 8. The first-order chi connectivity index (χ1) is 10.6. The average molecular weight is 324 g/mol. The highest BCUT2D eigenvalue weighted by Gasteiger charge is 2.24. The lowest BCUT2D eigenvalue weighted by atomic mass is 10.3. The number of oxime groups is 2. The molecule has 0 aliphatic carbocycles. The largest absolute Gasteiger partial charge is 0.392 e. The number of aromatic nitrogens is 3. The molecule has 0 bridgehead atoms. The Balaban J connectivity index is 2.38. The number of thioether (sulfide) groups is 1. The zero-order valence-corrected chi connectivity index (χ0v) is 13.9. The molecule has 2 heterocycles. The van der Waals surface area contributed by atoms with E-state index in [0.29, 0.717) is 11.5 Å². The molecule has 0 saturated heterocycles. The topological polar surface area (TPSA) is 86.3 Å². The molecule has 1 aliphatic rings. The third-order valence-corrected chi connectivity index (χ3v) is 3.32. The maximum Gasteiger partial charge on any atom is 0.226 e. The molecule has 0 aromatic carbocycles. The normalized spacial score (nSPS) is 16.4. The molecule has 1 aliphatic heterocycles. The van der Waals surface area contributed by atoms with Gasteiger partial charge in [0.15, 0.2) is 5.71 Å². The number of rotatable bonds is 6. The van der Waals surface area contributed by atoms with Gasteiger partial charge in [0.1, 0.15) is 29.9 Å². The van der Waals surface area contributed by atoms with Crippen LogP contribution in [0.1, 0.15) is 27.7 Å². The minimum atomic E-state index is -0.0658. The molecule has 1 aromatic rings. The van der Waals surface area contributed by atoms with E-state index in [9.17, 15) is 0 Å². The number of nitrogens with zero attached hydrogens (tertiary/aromatic N) is 6. The van der Waals surface area contributed by atoms with Gasteiger partial charge >= 0.3 is 0 Å². The highest BCUT2D eigenvalue weighted by molar-refractivity contribution is 8.16. The molecule has 9 heteroatoms. The van der Waals surface area contributed by atoms with Crippen LogP contribution < -0.4 is 0 Å². The number of hydrogen-bond donors (Lipinski definition) is 0. The van der Waals surface area contributed by atoms with Crippen molar-refractivity contribution in [2.75, 3.05) is 12.3 Å². The van der Waals surface area contributed by atoms with E-state index in [0.717, 1.165) is 17.3 Å². The van der Waals surface area contributed by atoms with E-state index in [1.54, 1.807) is 11.8 Å². The van der Waals surface area contributed by atoms with Crippen molar-refractivity contribution in [1.29, 1.82) is 0 Å². The predicted molar refractivity (Wildman–Crippen MR) is 87.5 cm³/mol. The molecule has 0 fully saturated rings. The van der Waals surface area contributed by atoms with Crippen molar-refractivity contribution in [2.45, 2.75) is 39.9 Å². The molecule has 0 spiro atoms. The Hall–Kier alpha value is -1.90. The molecule has 22 heavy (non-hydrogen) atoms. The molecule has 8 nitrogen and oxygen atoms in total. The van der Waals surface area contributed by atoms with Gasteiger partial charge in [-0.05, 0) is 27.7 Å². The predicted octanol–water partition coefficient (Wildman–Crippen LogP) is 1.79. The SMILES string of the molecule is CC(C)ON=C(C1=NCCS1)C(=NOC(C)C)n1cncn1. The highest BCUT2D eigenvalue weighted by Crippen LogP contribution is 2.15. The summed E-state index contributed by atoms with van der Waals surface area (Å²) in [5.41, 5.74) is 0.502. The molecule has 0 radical (unpaired) electrons. The Morgan fingerprint density at radius 3 is 2.50 bits per heavy atom. The molecular formula is C13H20N6O2S. The van der Waals surface area contributed by atoms with Crippen molar-refractivity contribution in [3.63, 3.8) is 0 Å². The fourth-order valence-electron chi connectivity index (χ4n) is 1.48. The fraction of sp³-hybridized carbons (Fsp3) is 0.615. The van der Waals surface area contributed by atoms with E-state index in [4.69, 9.17) is 9.68 Å². The summed E-state index contributed by atoms with van der Waals surface area (Å²) < 4.78 is 1.49. The van der Waals surface area contributed by atoms with E-state index in [1.165, 1.54) is 17.3 Å². The second kappa shape index (κ2) is 7.92. The van der Waals surface area contributed by atoms with Crippen molar-refractivity contribution in [3.05, 3.63) is 12.7 Å². The van der Waals surface area contributed by atoms with Crippen LogP contribution in [0.15, 0.2) is 28.0 Å².